The molecule has 0 saturated carbocycles. The molecular formula is C17H17IN4O2. The number of hydrogen-bond acceptors (Lipinski definition) is 5. The van der Waals surface area contributed by atoms with Gasteiger partial charge in [0.05, 0.1) is 11.3 Å². The zero-order chi connectivity index (χ0) is 17.3. The highest BCUT2D eigenvalue weighted by Crippen LogP contribution is 2.26. The number of hydrogen-bond donors (Lipinski definition) is 1. The Balaban J connectivity index is 1.92. The SMILES string of the molecule is Cc1nc(N2CCC(=O)CC2)ncc1-c1ccc(I)c(C(N)=O)c1. The lowest BCUT2D eigenvalue weighted by molar-refractivity contribution is -0.119. The van der Waals surface area contributed by atoms with Gasteiger partial charge in [-0.3, -0.25) is 9.59 Å². The van der Waals surface area contributed by atoms with Crippen LogP contribution in [0.5, 0.6) is 0 Å². The van der Waals surface area contributed by atoms with Gasteiger partial charge in [-0.05, 0) is 47.2 Å². The van der Waals surface area contributed by atoms with E-state index < -0.39 is 5.91 Å². The van der Waals surface area contributed by atoms with Crippen molar-refractivity contribution in [3.63, 3.8) is 0 Å². The molecule has 1 fully saturated rings. The van der Waals surface area contributed by atoms with E-state index in [2.05, 4.69) is 32.6 Å². The second-order valence-corrected chi connectivity index (χ2v) is 6.92. The van der Waals surface area contributed by atoms with Gasteiger partial charge < -0.3 is 10.6 Å². The number of anilines is 1. The van der Waals surface area contributed by atoms with Gasteiger partial charge in [0, 0.05) is 41.3 Å². The molecule has 2 heterocycles. The van der Waals surface area contributed by atoms with Crippen LogP contribution in [0, 0.1) is 10.5 Å². The van der Waals surface area contributed by atoms with E-state index in [0.717, 1.165) is 20.4 Å². The minimum Gasteiger partial charge on any atom is -0.366 e. The summed E-state index contributed by atoms with van der Waals surface area (Å²) >= 11 is 2.09. The Morgan fingerprint density at radius 2 is 2.00 bits per heavy atom. The van der Waals surface area contributed by atoms with Gasteiger partial charge >= 0.3 is 0 Å². The summed E-state index contributed by atoms with van der Waals surface area (Å²) in [6.07, 6.45) is 2.85. The van der Waals surface area contributed by atoms with Gasteiger partial charge in [-0.15, -0.1) is 0 Å². The number of carbonyl (C=O) groups is 2. The molecule has 1 aliphatic heterocycles. The number of nitrogens with two attached hydrogens (primary N) is 1. The van der Waals surface area contributed by atoms with E-state index in [-0.39, 0.29) is 5.78 Å². The highest BCUT2D eigenvalue weighted by molar-refractivity contribution is 14.1. The normalized spacial score (nSPS) is 14.8. The highest BCUT2D eigenvalue weighted by atomic mass is 127. The van der Waals surface area contributed by atoms with Crippen LogP contribution in [0.3, 0.4) is 0 Å². The van der Waals surface area contributed by atoms with Gasteiger partial charge in [-0.25, -0.2) is 9.97 Å². The summed E-state index contributed by atoms with van der Waals surface area (Å²) in [6, 6.07) is 5.56. The highest BCUT2D eigenvalue weighted by Gasteiger charge is 2.19. The zero-order valence-corrected chi connectivity index (χ0v) is 15.4. The van der Waals surface area contributed by atoms with Gasteiger partial charge in [0.15, 0.2) is 0 Å². The standard InChI is InChI=1S/C17H17IN4O2/c1-10-14(11-2-3-15(18)13(8-11)16(19)24)9-20-17(21-10)22-6-4-12(23)5-7-22/h2-3,8-9H,4-7H2,1H3,(H2,19,24). The van der Waals surface area contributed by atoms with Gasteiger partial charge in [0.25, 0.3) is 0 Å². The van der Waals surface area contributed by atoms with Crippen LogP contribution < -0.4 is 10.6 Å². The lowest BCUT2D eigenvalue weighted by Crippen LogP contribution is -2.35. The first-order chi connectivity index (χ1) is 11.5. The summed E-state index contributed by atoms with van der Waals surface area (Å²) in [5.41, 5.74) is 8.47. The number of halogens is 1. The molecule has 0 aliphatic carbocycles. The molecule has 0 atom stereocenters. The Morgan fingerprint density at radius 3 is 2.62 bits per heavy atom. The van der Waals surface area contributed by atoms with Crippen LogP contribution in [0.1, 0.15) is 28.9 Å². The first-order valence-corrected chi connectivity index (χ1v) is 8.73. The number of Topliss-reactive ketones (excluding diaryl/α,β-unsaturated/α-hetero) is 1. The van der Waals surface area contributed by atoms with Gasteiger partial charge in [-0.1, -0.05) is 6.07 Å². The molecule has 0 radical (unpaired) electrons. The average Bonchev–Trinajstić information content (AvgIpc) is 2.56. The number of carbonyl (C=O) groups excluding carboxylic acids is 2. The van der Waals surface area contributed by atoms with E-state index in [1.807, 2.05) is 24.0 Å². The first kappa shape index (κ1) is 16.8. The van der Waals surface area contributed by atoms with Crippen molar-refractivity contribution < 1.29 is 9.59 Å². The smallest absolute Gasteiger partial charge is 0.249 e. The Bertz CT molecular complexity index is 812. The molecule has 6 nitrogen and oxygen atoms in total. The summed E-state index contributed by atoms with van der Waals surface area (Å²) in [4.78, 5) is 33.9. The number of nitrogens with zero attached hydrogens (tertiary/aromatic N) is 3. The van der Waals surface area contributed by atoms with Gasteiger partial charge in [0.2, 0.25) is 11.9 Å². The van der Waals surface area contributed by atoms with Crippen molar-refractivity contribution in [3.05, 3.63) is 39.2 Å². The lowest BCUT2D eigenvalue weighted by Gasteiger charge is -2.26. The molecule has 1 aliphatic rings. The van der Waals surface area contributed by atoms with Crippen LogP contribution in [0.15, 0.2) is 24.4 Å². The molecule has 3 rings (SSSR count). The first-order valence-electron chi connectivity index (χ1n) is 7.65. The second-order valence-electron chi connectivity index (χ2n) is 5.75. The van der Waals surface area contributed by atoms with Crippen LogP contribution in [0.2, 0.25) is 0 Å². The maximum atomic E-state index is 11.5. The summed E-state index contributed by atoms with van der Waals surface area (Å²) in [5, 5.41) is 0. The Hall–Kier alpha value is -2.03. The predicted molar refractivity (Wildman–Crippen MR) is 99.9 cm³/mol. The second kappa shape index (κ2) is 6.84. The molecular weight excluding hydrogens is 419 g/mol. The van der Waals surface area contributed by atoms with E-state index in [9.17, 15) is 9.59 Å². The maximum Gasteiger partial charge on any atom is 0.249 e. The molecule has 1 amide bonds. The minimum absolute atomic E-state index is 0.289. The van der Waals surface area contributed by atoms with Gasteiger partial charge in [-0.2, -0.15) is 0 Å². The van der Waals surface area contributed by atoms with Crippen LogP contribution >= 0.6 is 22.6 Å². The van der Waals surface area contributed by atoms with Crippen molar-refractivity contribution in [2.45, 2.75) is 19.8 Å². The van der Waals surface area contributed by atoms with E-state index in [1.54, 1.807) is 12.3 Å². The number of benzene rings is 1. The third-order valence-electron chi connectivity index (χ3n) is 4.11. The van der Waals surface area contributed by atoms with Crippen LogP contribution in [0.25, 0.3) is 11.1 Å². The fourth-order valence-electron chi connectivity index (χ4n) is 2.73. The van der Waals surface area contributed by atoms with Crippen molar-refractivity contribution >= 4 is 40.2 Å². The van der Waals surface area contributed by atoms with Crippen molar-refractivity contribution in [3.8, 4) is 11.1 Å². The Labute approximate surface area is 153 Å². The van der Waals surface area contributed by atoms with E-state index >= 15 is 0 Å². The third kappa shape index (κ3) is 3.40. The number of aryl methyl sites for hydroxylation is 1. The summed E-state index contributed by atoms with van der Waals surface area (Å²) in [6.45, 7) is 3.23. The number of ketones is 1. The monoisotopic (exact) mass is 436 g/mol. The van der Waals surface area contributed by atoms with Crippen LogP contribution in [-0.4, -0.2) is 34.7 Å². The number of piperidine rings is 1. The molecule has 1 saturated heterocycles. The fraction of sp³-hybridized carbons (Fsp3) is 0.294. The summed E-state index contributed by atoms with van der Waals surface area (Å²) < 4.78 is 0.817. The molecule has 124 valence electrons. The molecule has 0 bridgehead atoms. The lowest BCUT2D eigenvalue weighted by atomic mass is 10.0. The third-order valence-corrected chi connectivity index (χ3v) is 5.05. The topological polar surface area (TPSA) is 89.2 Å². The van der Waals surface area contributed by atoms with Crippen molar-refractivity contribution in [1.82, 2.24) is 9.97 Å². The number of rotatable bonds is 3. The van der Waals surface area contributed by atoms with Crippen molar-refractivity contribution in [1.29, 1.82) is 0 Å². The van der Waals surface area contributed by atoms with E-state index in [4.69, 9.17) is 5.73 Å². The molecule has 0 spiro atoms. The minimum atomic E-state index is -0.450. The molecule has 2 aromatic rings. The zero-order valence-electron chi connectivity index (χ0n) is 13.3. The van der Waals surface area contributed by atoms with Crippen LogP contribution in [0.4, 0.5) is 5.95 Å². The van der Waals surface area contributed by atoms with Crippen molar-refractivity contribution in [2.75, 3.05) is 18.0 Å². The average molecular weight is 436 g/mol. The number of primary amides is 1. The Morgan fingerprint density at radius 1 is 1.29 bits per heavy atom. The van der Waals surface area contributed by atoms with Crippen LogP contribution in [-0.2, 0) is 4.79 Å². The van der Waals surface area contributed by atoms with Crippen molar-refractivity contribution in [2.24, 2.45) is 5.73 Å². The summed E-state index contributed by atoms with van der Waals surface area (Å²) in [7, 11) is 0. The van der Waals surface area contributed by atoms with E-state index in [0.29, 0.717) is 37.4 Å². The predicted octanol–water partition coefficient (Wildman–Crippen LogP) is 2.32. The number of amides is 1. The quantitative estimate of drug-likeness (QED) is 0.747. The van der Waals surface area contributed by atoms with E-state index in [1.165, 1.54) is 0 Å². The Kier molecular flexibility index (Phi) is 4.79. The molecule has 2 N–H and O–H groups in total. The van der Waals surface area contributed by atoms with Gasteiger partial charge in [0.1, 0.15) is 5.78 Å². The molecule has 0 unspecified atom stereocenters. The molecule has 1 aromatic heterocycles. The molecule has 7 heteroatoms. The molecule has 1 aromatic carbocycles. The fourth-order valence-corrected chi connectivity index (χ4v) is 3.33. The number of aromatic nitrogens is 2. The molecule has 24 heavy (non-hydrogen) atoms. The maximum absolute atomic E-state index is 11.5. The largest absolute Gasteiger partial charge is 0.366 e. The summed E-state index contributed by atoms with van der Waals surface area (Å²) in [5.74, 6) is 0.483.